The van der Waals surface area contributed by atoms with Crippen LogP contribution in [-0.4, -0.2) is 19.8 Å². The van der Waals surface area contributed by atoms with E-state index >= 15 is 0 Å². The largest absolute Gasteiger partial charge is 0.493 e. The van der Waals surface area contributed by atoms with E-state index in [1.807, 2.05) is 6.07 Å². The molecule has 0 fully saturated rings. The highest BCUT2D eigenvalue weighted by Crippen LogP contribution is 2.35. The predicted octanol–water partition coefficient (Wildman–Crippen LogP) is 4.27. The summed E-state index contributed by atoms with van der Waals surface area (Å²) in [5.41, 5.74) is 1.03. The minimum Gasteiger partial charge on any atom is -0.493 e. The molecule has 1 aromatic rings. The molecule has 0 saturated carbocycles. The lowest BCUT2D eigenvalue weighted by atomic mass is 10.1. The van der Waals surface area contributed by atoms with Gasteiger partial charge in [-0.05, 0) is 18.4 Å². The summed E-state index contributed by atoms with van der Waals surface area (Å²) in [5.74, 6) is 2.11. The number of hydrogen-bond acceptors (Lipinski definition) is 3. The van der Waals surface area contributed by atoms with Crippen LogP contribution in [0, 0.1) is 5.92 Å². The molecular weight excluding hydrogens is 274 g/mol. The Balaban J connectivity index is 2.90. The van der Waals surface area contributed by atoms with Crippen LogP contribution in [0.4, 0.5) is 0 Å². The number of methoxy groups -OCH3 is 1. The van der Waals surface area contributed by atoms with Gasteiger partial charge in [0.25, 0.3) is 0 Å². The lowest BCUT2D eigenvalue weighted by molar-refractivity contribution is 0.269. The summed E-state index contributed by atoms with van der Waals surface area (Å²) in [6, 6.07) is 4.14. The molecule has 3 nitrogen and oxygen atoms in total. The summed E-state index contributed by atoms with van der Waals surface area (Å²) >= 11 is 6.14. The van der Waals surface area contributed by atoms with E-state index in [4.69, 9.17) is 21.1 Å². The van der Waals surface area contributed by atoms with E-state index in [1.54, 1.807) is 13.2 Å². The Morgan fingerprint density at radius 1 is 1.20 bits per heavy atom. The zero-order valence-electron chi connectivity index (χ0n) is 13.1. The second kappa shape index (κ2) is 8.38. The maximum absolute atomic E-state index is 6.14. The van der Waals surface area contributed by atoms with Crippen molar-refractivity contribution >= 4 is 11.6 Å². The fraction of sp³-hybridized carbons (Fsp3) is 0.625. The van der Waals surface area contributed by atoms with Gasteiger partial charge in [0, 0.05) is 29.2 Å². The van der Waals surface area contributed by atoms with Gasteiger partial charge in [0.05, 0.1) is 13.7 Å². The molecule has 0 spiro atoms. The Labute approximate surface area is 127 Å². The highest BCUT2D eigenvalue weighted by molar-refractivity contribution is 6.30. The fourth-order valence-corrected chi connectivity index (χ4v) is 2.01. The van der Waals surface area contributed by atoms with E-state index in [0.717, 1.165) is 17.7 Å². The molecule has 1 rings (SSSR count). The molecule has 0 aliphatic heterocycles. The Morgan fingerprint density at radius 3 is 2.45 bits per heavy atom. The van der Waals surface area contributed by atoms with Crippen molar-refractivity contribution in [1.29, 1.82) is 0 Å². The average Bonchev–Trinajstić information content (AvgIpc) is 2.37. The van der Waals surface area contributed by atoms with Crippen molar-refractivity contribution in [3.05, 3.63) is 22.7 Å². The quantitative estimate of drug-likeness (QED) is 0.777. The lowest BCUT2D eigenvalue weighted by Crippen LogP contribution is -2.22. The van der Waals surface area contributed by atoms with Gasteiger partial charge in [-0.15, -0.1) is 0 Å². The van der Waals surface area contributed by atoms with Crippen molar-refractivity contribution in [2.45, 2.75) is 46.7 Å². The second-order valence-corrected chi connectivity index (χ2v) is 6.10. The monoisotopic (exact) mass is 299 g/mol. The molecule has 0 saturated heterocycles. The van der Waals surface area contributed by atoms with E-state index < -0.39 is 0 Å². The fourth-order valence-electron chi connectivity index (χ4n) is 1.78. The Bertz CT molecular complexity index is 419. The molecule has 0 unspecified atom stereocenters. The molecule has 0 atom stereocenters. The predicted molar refractivity (Wildman–Crippen MR) is 84.9 cm³/mol. The van der Waals surface area contributed by atoms with Crippen LogP contribution in [0.25, 0.3) is 0 Å². The number of hydrogen-bond donors (Lipinski definition) is 1. The number of ether oxygens (including phenoxy) is 2. The highest BCUT2D eigenvalue weighted by atomic mass is 35.5. The molecule has 1 aromatic carbocycles. The third-order valence-electron chi connectivity index (χ3n) is 2.96. The molecule has 0 radical (unpaired) electrons. The maximum atomic E-state index is 6.14. The Morgan fingerprint density at radius 2 is 1.90 bits per heavy atom. The van der Waals surface area contributed by atoms with Crippen LogP contribution in [-0.2, 0) is 6.54 Å². The van der Waals surface area contributed by atoms with Gasteiger partial charge < -0.3 is 14.8 Å². The summed E-state index contributed by atoms with van der Waals surface area (Å²) < 4.78 is 11.3. The minimum absolute atomic E-state index is 0.406. The second-order valence-electron chi connectivity index (χ2n) is 5.66. The third-order valence-corrected chi connectivity index (χ3v) is 3.18. The first kappa shape index (κ1) is 17.1. The van der Waals surface area contributed by atoms with Crippen LogP contribution in [0.1, 0.15) is 39.7 Å². The van der Waals surface area contributed by atoms with Gasteiger partial charge in [-0.25, -0.2) is 0 Å². The molecule has 0 heterocycles. The maximum Gasteiger partial charge on any atom is 0.165 e. The molecule has 0 aliphatic carbocycles. The van der Waals surface area contributed by atoms with E-state index in [2.05, 4.69) is 33.0 Å². The first-order chi connectivity index (χ1) is 9.43. The molecule has 1 N–H and O–H groups in total. The smallest absolute Gasteiger partial charge is 0.165 e. The van der Waals surface area contributed by atoms with Crippen molar-refractivity contribution in [2.75, 3.05) is 13.7 Å². The Kier molecular flexibility index (Phi) is 7.17. The van der Waals surface area contributed by atoms with E-state index in [1.165, 1.54) is 0 Å². The topological polar surface area (TPSA) is 30.5 Å². The number of halogens is 1. The van der Waals surface area contributed by atoms with Crippen LogP contribution in [0.3, 0.4) is 0 Å². The number of benzene rings is 1. The van der Waals surface area contributed by atoms with Crippen molar-refractivity contribution in [3.63, 3.8) is 0 Å². The number of nitrogens with one attached hydrogen (secondary N) is 1. The molecular formula is C16H26ClNO2. The first-order valence-electron chi connectivity index (χ1n) is 7.16. The molecule has 114 valence electrons. The van der Waals surface area contributed by atoms with Crippen LogP contribution >= 0.6 is 11.6 Å². The van der Waals surface area contributed by atoms with Crippen molar-refractivity contribution < 1.29 is 9.47 Å². The molecule has 0 aromatic heterocycles. The van der Waals surface area contributed by atoms with Gasteiger partial charge in [-0.3, -0.25) is 0 Å². The van der Waals surface area contributed by atoms with Gasteiger partial charge in [0.1, 0.15) is 0 Å². The van der Waals surface area contributed by atoms with Gasteiger partial charge >= 0.3 is 0 Å². The van der Waals surface area contributed by atoms with Crippen LogP contribution in [0.2, 0.25) is 5.02 Å². The summed E-state index contributed by atoms with van der Waals surface area (Å²) in [7, 11) is 1.64. The summed E-state index contributed by atoms with van der Waals surface area (Å²) in [4.78, 5) is 0. The van der Waals surface area contributed by atoms with Crippen LogP contribution < -0.4 is 14.8 Å². The standard InChI is InChI=1S/C16H26ClNO2/c1-11(2)6-7-20-16-13(10-18-12(3)4)8-14(17)9-15(16)19-5/h8-9,11-12,18H,6-7,10H2,1-5H3. The molecule has 0 bridgehead atoms. The van der Waals surface area contributed by atoms with Crippen LogP contribution in [0.15, 0.2) is 12.1 Å². The van der Waals surface area contributed by atoms with E-state index in [-0.39, 0.29) is 0 Å². The van der Waals surface area contributed by atoms with Gasteiger partial charge in [-0.2, -0.15) is 0 Å². The summed E-state index contributed by atoms with van der Waals surface area (Å²) in [5, 5.41) is 4.05. The zero-order chi connectivity index (χ0) is 15.1. The summed E-state index contributed by atoms with van der Waals surface area (Å²) in [6.07, 6.45) is 1.02. The van der Waals surface area contributed by atoms with Gasteiger partial charge in [0.15, 0.2) is 11.5 Å². The summed E-state index contributed by atoms with van der Waals surface area (Å²) in [6.45, 7) is 9.99. The van der Waals surface area contributed by atoms with Gasteiger partial charge in [0.2, 0.25) is 0 Å². The normalized spacial score (nSPS) is 11.2. The van der Waals surface area contributed by atoms with Crippen LogP contribution in [0.5, 0.6) is 11.5 Å². The van der Waals surface area contributed by atoms with Gasteiger partial charge in [-0.1, -0.05) is 39.3 Å². The average molecular weight is 300 g/mol. The molecule has 0 amide bonds. The van der Waals surface area contributed by atoms with E-state index in [9.17, 15) is 0 Å². The molecule has 4 heteroatoms. The highest BCUT2D eigenvalue weighted by Gasteiger charge is 2.13. The van der Waals surface area contributed by atoms with Crippen molar-refractivity contribution in [2.24, 2.45) is 5.92 Å². The van der Waals surface area contributed by atoms with Crippen molar-refractivity contribution in [3.8, 4) is 11.5 Å². The van der Waals surface area contributed by atoms with Crippen molar-refractivity contribution in [1.82, 2.24) is 5.32 Å². The minimum atomic E-state index is 0.406. The molecule has 0 aliphatic rings. The molecule has 20 heavy (non-hydrogen) atoms. The third kappa shape index (κ3) is 5.59. The first-order valence-corrected chi connectivity index (χ1v) is 7.54. The van der Waals surface area contributed by atoms with E-state index in [0.29, 0.717) is 35.9 Å². The lowest BCUT2D eigenvalue weighted by Gasteiger charge is -2.17. The zero-order valence-corrected chi connectivity index (χ0v) is 13.9. The number of rotatable bonds is 8. The Hall–Kier alpha value is -0.930. The SMILES string of the molecule is COc1cc(Cl)cc(CNC(C)C)c1OCCC(C)C.